The van der Waals surface area contributed by atoms with Gasteiger partial charge in [-0.25, -0.2) is 0 Å². The molecule has 0 fully saturated rings. The van der Waals surface area contributed by atoms with Crippen LogP contribution in [0.4, 0.5) is 26.3 Å². The number of halogens is 6. The van der Waals surface area contributed by atoms with Crippen LogP contribution in [0.15, 0.2) is 18.2 Å². The summed E-state index contributed by atoms with van der Waals surface area (Å²) in [4.78, 5) is 0. The highest BCUT2D eigenvalue weighted by Crippen LogP contribution is 2.33. The van der Waals surface area contributed by atoms with Gasteiger partial charge in [-0.05, 0) is 6.07 Å². The van der Waals surface area contributed by atoms with Crippen LogP contribution in [0.3, 0.4) is 0 Å². The van der Waals surface area contributed by atoms with Crippen molar-refractivity contribution in [2.24, 2.45) is 0 Å². The summed E-state index contributed by atoms with van der Waals surface area (Å²) in [6, 6.07) is 1.38. The monoisotopic (exact) mass is 241 g/mol. The van der Waals surface area contributed by atoms with Gasteiger partial charge in [-0.1, -0.05) is 17.3 Å². The van der Waals surface area contributed by atoms with E-state index < -0.39 is 28.7 Å². The van der Waals surface area contributed by atoms with Crippen LogP contribution < -0.4 is 5.19 Å². The van der Waals surface area contributed by atoms with E-state index in [4.69, 9.17) is 0 Å². The summed E-state index contributed by atoms with van der Waals surface area (Å²) in [7, 11) is 2.60. The smallest absolute Gasteiger partial charge is 0.166 e. The van der Waals surface area contributed by atoms with Crippen LogP contribution in [0.1, 0.15) is 11.1 Å². The SMILES string of the molecule is FC(F)(F)c1ccc([Si])c(C(F)(F)F)c1. The fourth-order valence-electron chi connectivity index (χ4n) is 0.955. The predicted molar refractivity (Wildman–Crippen MR) is 41.8 cm³/mol. The van der Waals surface area contributed by atoms with Crippen molar-refractivity contribution >= 4 is 15.4 Å². The van der Waals surface area contributed by atoms with Gasteiger partial charge in [0.1, 0.15) is 0 Å². The molecular formula is C8H3F6Si. The number of rotatable bonds is 0. The molecule has 0 atom stereocenters. The molecule has 0 aromatic heterocycles. The third-order valence-electron chi connectivity index (χ3n) is 1.65. The van der Waals surface area contributed by atoms with Crippen molar-refractivity contribution in [3.05, 3.63) is 29.3 Å². The summed E-state index contributed by atoms with van der Waals surface area (Å²) in [6.07, 6.45) is -9.59. The van der Waals surface area contributed by atoms with E-state index in [9.17, 15) is 26.3 Å². The second kappa shape index (κ2) is 3.55. The van der Waals surface area contributed by atoms with Crippen LogP contribution in [-0.2, 0) is 12.4 Å². The van der Waals surface area contributed by atoms with Crippen molar-refractivity contribution in [1.29, 1.82) is 0 Å². The van der Waals surface area contributed by atoms with Gasteiger partial charge >= 0.3 is 12.4 Å². The summed E-state index contributed by atoms with van der Waals surface area (Å²) in [6.45, 7) is 0. The van der Waals surface area contributed by atoms with Crippen molar-refractivity contribution in [2.45, 2.75) is 12.4 Å². The third-order valence-corrected chi connectivity index (χ3v) is 2.09. The van der Waals surface area contributed by atoms with Crippen molar-refractivity contribution in [3.8, 4) is 0 Å². The lowest BCUT2D eigenvalue weighted by molar-refractivity contribution is -0.142. The topological polar surface area (TPSA) is 0 Å². The molecule has 0 aliphatic rings. The molecule has 1 aromatic carbocycles. The average Bonchev–Trinajstić information content (AvgIpc) is 2.00. The number of hydrogen-bond donors (Lipinski definition) is 0. The Balaban J connectivity index is 3.30. The normalized spacial score (nSPS) is 13.0. The molecule has 1 rings (SSSR count). The van der Waals surface area contributed by atoms with Gasteiger partial charge in [-0.15, -0.1) is 0 Å². The largest absolute Gasteiger partial charge is 0.416 e. The van der Waals surface area contributed by atoms with E-state index in [0.717, 1.165) is 6.07 Å². The third kappa shape index (κ3) is 2.74. The van der Waals surface area contributed by atoms with Gasteiger partial charge in [0, 0.05) is 0 Å². The first kappa shape index (κ1) is 12.1. The first-order valence-corrected chi connectivity index (χ1v) is 4.12. The molecule has 7 heteroatoms. The first-order valence-electron chi connectivity index (χ1n) is 3.62. The quantitative estimate of drug-likeness (QED) is 0.483. The fraction of sp³-hybridized carbons (Fsp3) is 0.250. The number of benzene rings is 1. The molecule has 0 aliphatic heterocycles. The molecule has 0 N–H and O–H groups in total. The predicted octanol–water partition coefficient (Wildman–Crippen LogP) is 2.52. The zero-order chi connectivity index (χ0) is 11.9. The highest BCUT2D eigenvalue weighted by atomic mass is 28.1. The van der Waals surface area contributed by atoms with E-state index in [1.807, 2.05) is 0 Å². The lowest BCUT2D eigenvalue weighted by Gasteiger charge is -2.13. The number of alkyl halides is 6. The molecule has 81 valence electrons. The van der Waals surface area contributed by atoms with E-state index in [0.29, 0.717) is 6.07 Å². The lowest BCUT2D eigenvalue weighted by Crippen LogP contribution is -2.21. The van der Waals surface area contributed by atoms with Crippen LogP contribution in [0.5, 0.6) is 0 Å². The van der Waals surface area contributed by atoms with Crippen molar-refractivity contribution in [3.63, 3.8) is 0 Å². The molecule has 0 saturated carbocycles. The fourth-order valence-corrected chi connectivity index (χ4v) is 1.25. The maximum atomic E-state index is 12.2. The molecule has 0 bridgehead atoms. The Morgan fingerprint density at radius 3 is 1.80 bits per heavy atom. The zero-order valence-electron chi connectivity index (χ0n) is 7.00. The Labute approximate surface area is 84.3 Å². The maximum Gasteiger partial charge on any atom is 0.416 e. The van der Waals surface area contributed by atoms with Crippen LogP contribution in [-0.4, -0.2) is 10.2 Å². The molecule has 0 aliphatic carbocycles. The Bertz CT molecular complexity index is 364. The Hall–Kier alpha value is -0.983. The lowest BCUT2D eigenvalue weighted by atomic mass is 10.1. The van der Waals surface area contributed by atoms with E-state index in [1.165, 1.54) is 0 Å². The molecule has 0 heterocycles. The molecule has 0 spiro atoms. The minimum atomic E-state index is -4.81. The van der Waals surface area contributed by atoms with Crippen LogP contribution in [0.2, 0.25) is 0 Å². The van der Waals surface area contributed by atoms with E-state index in [2.05, 4.69) is 10.2 Å². The maximum absolute atomic E-state index is 12.2. The molecular weight excluding hydrogens is 238 g/mol. The van der Waals surface area contributed by atoms with Gasteiger partial charge in [-0.2, -0.15) is 26.3 Å². The highest BCUT2D eigenvalue weighted by Gasteiger charge is 2.37. The van der Waals surface area contributed by atoms with E-state index in [-0.39, 0.29) is 6.07 Å². The Morgan fingerprint density at radius 2 is 1.40 bits per heavy atom. The van der Waals surface area contributed by atoms with Gasteiger partial charge in [0.2, 0.25) is 0 Å². The minimum Gasteiger partial charge on any atom is -0.166 e. The standard InChI is InChI=1S/C8H3F6Si/c9-7(10,11)4-1-2-6(15)5(3-4)8(12,13)14/h1-3H. The van der Waals surface area contributed by atoms with Gasteiger partial charge in [0.15, 0.2) is 0 Å². The zero-order valence-corrected chi connectivity index (χ0v) is 8.00. The second-order valence-electron chi connectivity index (χ2n) is 2.76. The molecule has 3 radical (unpaired) electrons. The summed E-state index contributed by atoms with van der Waals surface area (Å²) < 4.78 is 73.0. The Morgan fingerprint density at radius 1 is 0.867 bits per heavy atom. The molecule has 0 nitrogen and oxygen atoms in total. The van der Waals surface area contributed by atoms with Crippen molar-refractivity contribution in [2.75, 3.05) is 0 Å². The minimum absolute atomic E-state index is 0.0718. The molecule has 1 aromatic rings. The highest BCUT2D eigenvalue weighted by molar-refractivity contribution is 6.33. The van der Waals surface area contributed by atoms with Crippen LogP contribution >= 0.6 is 0 Å². The molecule has 0 unspecified atom stereocenters. The number of hydrogen-bond acceptors (Lipinski definition) is 0. The van der Waals surface area contributed by atoms with Gasteiger partial charge < -0.3 is 0 Å². The summed E-state index contributed by atoms with van der Waals surface area (Å²) in [5.41, 5.74) is -2.66. The van der Waals surface area contributed by atoms with Gasteiger partial charge in [-0.3, -0.25) is 0 Å². The van der Waals surface area contributed by atoms with E-state index in [1.54, 1.807) is 0 Å². The van der Waals surface area contributed by atoms with E-state index >= 15 is 0 Å². The Kier molecular flexibility index (Phi) is 2.86. The summed E-state index contributed by atoms with van der Waals surface area (Å²) >= 11 is 0. The van der Waals surface area contributed by atoms with Crippen molar-refractivity contribution in [1.82, 2.24) is 0 Å². The molecule has 0 amide bonds. The summed E-state index contributed by atoms with van der Waals surface area (Å²) in [5, 5.41) is -0.421. The average molecular weight is 241 g/mol. The molecule has 0 saturated heterocycles. The van der Waals surface area contributed by atoms with Gasteiger partial charge in [0.05, 0.1) is 21.4 Å². The first-order chi connectivity index (χ1) is 6.62. The van der Waals surface area contributed by atoms with Gasteiger partial charge in [0.25, 0.3) is 0 Å². The van der Waals surface area contributed by atoms with Crippen LogP contribution in [0.25, 0.3) is 0 Å². The molecule has 15 heavy (non-hydrogen) atoms. The second-order valence-corrected chi connectivity index (χ2v) is 3.29. The van der Waals surface area contributed by atoms with Crippen molar-refractivity contribution < 1.29 is 26.3 Å². The van der Waals surface area contributed by atoms with Crippen LogP contribution in [0, 0.1) is 0 Å². The summed E-state index contributed by atoms with van der Waals surface area (Å²) in [5.74, 6) is 0.